The van der Waals surface area contributed by atoms with Crippen molar-refractivity contribution in [3.05, 3.63) is 20.2 Å². The summed E-state index contributed by atoms with van der Waals surface area (Å²) in [5.74, 6) is 0. The van der Waals surface area contributed by atoms with Gasteiger partial charge in [-0.25, -0.2) is 20.2 Å². The Morgan fingerprint density at radius 1 is 1.27 bits per heavy atom. The van der Waals surface area contributed by atoms with Crippen LogP contribution in [-0.4, -0.2) is 44.7 Å². The molecule has 2 aliphatic rings. The molecule has 2 heterocycles. The normalized spacial score (nSPS) is 30.1. The minimum absolute atomic E-state index is 0.0969. The Balaban J connectivity index is 2.21. The van der Waals surface area contributed by atoms with Crippen LogP contribution in [0.15, 0.2) is 0 Å². The van der Waals surface area contributed by atoms with E-state index >= 15 is 0 Å². The lowest BCUT2D eigenvalue weighted by atomic mass is 10.1. The predicted octanol–water partition coefficient (Wildman–Crippen LogP) is -1.21. The van der Waals surface area contributed by atoms with Gasteiger partial charge in [-0.2, -0.15) is 0 Å². The second-order valence-electron chi connectivity index (χ2n) is 3.41. The minimum atomic E-state index is -0.840. The lowest BCUT2D eigenvalue weighted by Gasteiger charge is -2.40. The fourth-order valence-electron chi connectivity index (χ4n) is 1.84. The van der Waals surface area contributed by atoms with Crippen LogP contribution in [0.25, 0.3) is 0 Å². The second-order valence-corrected chi connectivity index (χ2v) is 3.41. The van der Waals surface area contributed by atoms with Crippen LogP contribution in [0.4, 0.5) is 0 Å². The van der Waals surface area contributed by atoms with Crippen LogP contribution in [0.3, 0.4) is 0 Å². The Kier molecular flexibility index (Phi) is 2.28. The first-order valence-electron chi connectivity index (χ1n) is 4.49. The van der Waals surface area contributed by atoms with Crippen molar-refractivity contribution in [3.8, 4) is 0 Å². The van der Waals surface area contributed by atoms with E-state index in [2.05, 4.69) is 5.43 Å². The largest absolute Gasteiger partial charge is 0.232 e. The van der Waals surface area contributed by atoms with Crippen molar-refractivity contribution in [1.82, 2.24) is 20.9 Å². The van der Waals surface area contributed by atoms with Crippen LogP contribution >= 0.6 is 0 Å². The van der Waals surface area contributed by atoms with Crippen molar-refractivity contribution >= 4 is 0 Å². The highest BCUT2D eigenvalue weighted by atomic mass is 16.8. The number of hydrogen-bond donors (Lipinski definition) is 1. The molecule has 10 nitrogen and oxygen atoms in total. The maximum absolute atomic E-state index is 10.7. The molecule has 2 atom stereocenters. The van der Waals surface area contributed by atoms with Gasteiger partial charge in [0.05, 0.1) is 0 Å². The monoisotopic (exact) mass is 218 g/mol. The van der Waals surface area contributed by atoms with Gasteiger partial charge in [-0.05, 0) is 12.8 Å². The zero-order valence-electron chi connectivity index (χ0n) is 7.77. The van der Waals surface area contributed by atoms with Gasteiger partial charge in [0.1, 0.15) is 10.5 Å². The minimum Gasteiger partial charge on any atom is -0.232 e. The van der Waals surface area contributed by atoms with Gasteiger partial charge in [0.25, 0.3) is 0 Å². The second kappa shape index (κ2) is 3.47. The molecule has 0 radical (unpaired) electrons. The third-order valence-corrected chi connectivity index (χ3v) is 2.42. The fraction of sp³-hybridized carbons (Fsp3) is 1.00. The average Bonchev–Trinajstić information content (AvgIpc) is 2.16. The molecule has 0 aromatic heterocycles. The summed E-state index contributed by atoms with van der Waals surface area (Å²) in [6.07, 6.45) is 1.57. The molecule has 84 valence electrons. The molecule has 0 amide bonds. The number of hydrazine groups is 5. The Morgan fingerprint density at radius 2 is 2.00 bits per heavy atom. The highest BCUT2D eigenvalue weighted by Gasteiger charge is 2.47. The van der Waals surface area contributed by atoms with E-state index in [1.54, 1.807) is 0 Å². The number of hydrogen-bond acceptors (Lipinski definition) is 6. The van der Waals surface area contributed by atoms with Crippen LogP contribution in [0.2, 0.25) is 0 Å². The van der Waals surface area contributed by atoms with Crippen molar-refractivity contribution in [2.24, 2.45) is 0 Å². The standard InChI is InChI=1S/C5H10N6O4/c12-10(13)8-6-5-2-1-3-7(4-5)9(8)11(14)15/h5-6H,1-4H2. The van der Waals surface area contributed by atoms with Gasteiger partial charge in [-0.15, -0.1) is 10.4 Å². The summed E-state index contributed by atoms with van der Waals surface area (Å²) in [7, 11) is 0. The summed E-state index contributed by atoms with van der Waals surface area (Å²) in [6, 6.07) is -0.0969. The van der Waals surface area contributed by atoms with Gasteiger partial charge in [-0.3, -0.25) is 0 Å². The third-order valence-electron chi connectivity index (χ3n) is 2.42. The molecular formula is C5H10N6O4. The van der Waals surface area contributed by atoms with Crippen LogP contribution in [0, 0.1) is 20.2 Å². The number of piperidine rings is 1. The molecule has 0 saturated carbocycles. The molecule has 1 N–H and O–H groups in total. The first kappa shape index (κ1) is 9.86. The van der Waals surface area contributed by atoms with Gasteiger partial charge in [0.15, 0.2) is 0 Å². The maximum Gasteiger partial charge on any atom is 0.204 e. The Hall–Kier alpha value is -1.68. The Bertz CT molecular complexity index is 297. The molecule has 2 rings (SSSR count). The van der Waals surface area contributed by atoms with E-state index in [-0.39, 0.29) is 6.04 Å². The summed E-state index contributed by atoms with van der Waals surface area (Å²) in [4.78, 5) is 21.3. The van der Waals surface area contributed by atoms with Crippen molar-refractivity contribution < 1.29 is 10.1 Å². The first-order chi connectivity index (χ1) is 7.09. The summed E-state index contributed by atoms with van der Waals surface area (Å²) in [5.41, 5.74) is 2.49. The Morgan fingerprint density at radius 3 is 2.60 bits per heavy atom. The highest BCUT2D eigenvalue weighted by molar-refractivity contribution is 4.76. The maximum atomic E-state index is 10.7. The van der Waals surface area contributed by atoms with Gasteiger partial charge < -0.3 is 0 Å². The summed E-state index contributed by atoms with van der Waals surface area (Å²) in [5, 5.41) is 21.7. The van der Waals surface area contributed by atoms with Gasteiger partial charge in [0.2, 0.25) is 10.1 Å². The third kappa shape index (κ3) is 1.64. The van der Waals surface area contributed by atoms with E-state index in [9.17, 15) is 20.2 Å². The van der Waals surface area contributed by atoms with Crippen LogP contribution in [0.5, 0.6) is 0 Å². The van der Waals surface area contributed by atoms with E-state index in [1.165, 1.54) is 5.01 Å². The number of nitrogens with one attached hydrogen (secondary N) is 1. The topological polar surface area (TPSA) is 108 Å². The molecule has 2 fully saturated rings. The molecule has 10 heteroatoms. The Labute approximate surface area is 84.2 Å². The van der Waals surface area contributed by atoms with Gasteiger partial charge in [-0.1, -0.05) is 0 Å². The molecule has 2 bridgehead atoms. The lowest BCUT2D eigenvalue weighted by Crippen LogP contribution is -2.72. The van der Waals surface area contributed by atoms with Crippen LogP contribution < -0.4 is 5.43 Å². The zero-order chi connectivity index (χ0) is 11.0. The van der Waals surface area contributed by atoms with E-state index in [0.29, 0.717) is 23.5 Å². The number of fused-ring (bicyclic) bond motifs is 2. The summed E-state index contributed by atoms with van der Waals surface area (Å²) < 4.78 is 0. The zero-order valence-corrected chi connectivity index (χ0v) is 7.77. The molecule has 15 heavy (non-hydrogen) atoms. The molecule has 0 aromatic carbocycles. The molecule has 2 saturated heterocycles. The smallest absolute Gasteiger partial charge is 0.204 e. The predicted molar refractivity (Wildman–Crippen MR) is 45.4 cm³/mol. The fourth-order valence-corrected chi connectivity index (χ4v) is 1.84. The molecule has 0 spiro atoms. The molecular weight excluding hydrogens is 208 g/mol. The molecule has 2 aliphatic heterocycles. The van der Waals surface area contributed by atoms with E-state index < -0.39 is 10.1 Å². The van der Waals surface area contributed by atoms with Crippen molar-refractivity contribution in [1.29, 1.82) is 0 Å². The SMILES string of the molecule is O=[N+]([O-])N1NC2CCCN(C2)N1[N+](=O)[O-]. The lowest BCUT2D eigenvalue weighted by molar-refractivity contribution is -0.876. The van der Waals surface area contributed by atoms with Gasteiger partial charge >= 0.3 is 0 Å². The quantitative estimate of drug-likeness (QED) is 0.454. The molecule has 0 aromatic rings. The van der Waals surface area contributed by atoms with Crippen molar-refractivity contribution in [3.63, 3.8) is 0 Å². The first-order valence-corrected chi connectivity index (χ1v) is 4.49. The number of rotatable bonds is 2. The van der Waals surface area contributed by atoms with Crippen LogP contribution in [0.1, 0.15) is 12.8 Å². The van der Waals surface area contributed by atoms with Crippen molar-refractivity contribution in [2.45, 2.75) is 18.9 Å². The summed E-state index contributed by atoms with van der Waals surface area (Å²) >= 11 is 0. The molecule has 2 unspecified atom stereocenters. The summed E-state index contributed by atoms with van der Waals surface area (Å²) in [6.45, 7) is 0.884. The average molecular weight is 218 g/mol. The number of nitrogens with zero attached hydrogens (tertiary/aromatic N) is 5. The van der Waals surface area contributed by atoms with E-state index in [4.69, 9.17) is 0 Å². The highest BCUT2D eigenvalue weighted by Crippen LogP contribution is 2.19. The van der Waals surface area contributed by atoms with E-state index in [1.807, 2.05) is 0 Å². The van der Waals surface area contributed by atoms with Crippen molar-refractivity contribution in [2.75, 3.05) is 13.1 Å². The number of nitro groups is 2. The van der Waals surface area contributed by atoms with Gasteiger partial charge in [0, 0.05) is 19.1 Å². The van der Waals surface area contributed by atoms with Crippen LogP contribution in [-0.2, 0) is 0 Å². The van der Waals surface area contributed by atoms with E-state index in [0.717, 1.165) is 12.8 Å². The molecule has 0 aliphatic carbocycles.